The zero-order valence-electron chi connectivity index (χ0n) is 13.8. The maximum absolute atomic E-state index is 14.0. The van der Waals surface area contributed by atoms with E-state index < -0.39 is 47.0 Å². The van der Waals surface area contributed by atoms with Crippen LogP contribution >= 0.6 is 0 Å². The molecule has 2 amide bonds. The Morgan fingerprint density at radius 1 is 1.33 bits per heavy atom. The molecule has 1 N–H and O–H groups in total. The molecule has 0 bridgehead atoms. The summed E-state index contributed by atoms with van der Waals surface area (Å²) in [7, 11) is 0.926. The number of hydrogen-bond donors (Lipinski definition) is 1. The molecular formula is C15H19F3N2O4. The Hall–Kier alpha value is -2.06. The number of carbonyl (C=O) groups excluding carboxylic acids is 3. The lowest BCUT2D eigenvalue weighted by molar-refractivity contribution is -0.196. The van der Waals surface area contributed by atoms with Crippen LogP contribution in [0.15, 0.2) is 11.3 Å². The van der Waals surface area contributed by atoms with Crippen LogP contribution in [-0.2, 0) is 19.1 Å². The number of alkyl halides is 3. The Labute approximate surface area is 137 Å². The van der Waals surface area contributed by atoms with E-state index in [0.717, 1.165) is 12.0 Å². The highest BCUT2D eigenvalue weighted by molar-refractivity contribution is 6.10. The fourth-order valence-corrected chi connectivity index (χ4v) is 2.94. The van der Waals surface area contributed by atoms with E-state index in [9.17, 15) is 27.6 Å². The Morgan fingerprint density at radius 2 is 1.88 bits per heavy atom. The number of nitrogens with one attached hydrogen (secondary N) is 1. The van der Waals surface area contributed by atoms with E-state index in [0.29, 0.717) is 12.8 Å². The minimum Gasteiger partial charge on any atom is -0.466 e. The number of amides is 2. The summed E-state index contributed by atoms with van der Waals surface area (Å²) in [6.07, 6.45) is -4.28. The van der Waals surface area contributed by atoms with E-state index in [1.165, 1.54) is 20.8 Å². The predicted molar refractivity (Wildman–Crippen MR) is 76.4 cm³/mol. The lowest BCUT2D eigenvalue weighted by atomic mass is 9.89. The van der Waals surface area contributed by atoms with Crippen LogP contribution in [-0.4, -0.2) is 47.6 Å². The normalized spacial score (nSPS) is 24.7. The number of halogens is 3. The quantitative estimate of drug-likeness (QED) is 0.782. The first-order valence-electron chi connectivity index (χ1n) is 7.51. The van der Waals surface area contributed by atoms with Gasteiger partial charge in [0.1, 0.15) is 5.57 Å². The molecule has 134 valence electrons. The molecular weight excluding hydrogens is 329 g/mol. The SMILES string of the molecule is COC(=O)C1=C(C)N(C(C)C)C(=O)C1(NC(=O)C1CC1)C(F)(F)F. The molecule has 0 aromatic heterocycles. The minimum absolute atomic E-state index is 0.171. The second-order valence-electron chi connectivity index (χ2n) is 6.23. The summed E-state index contributed by atoms with van der Waals surface area (Å²) < 4.78 is 46.4. The summed E-state index contributed by atoms with van der Waals surface area (Å²) in [4.78, 5) is 37.6. The molecule has 1 unspecified atom stereocenters. The standard InChI is InChI=1S/C15H19F3N2O4/c1-7(2)20-8(3)10(12(22)24-4)14(13(20)23,15(16,17)18)19-11(21)9-5-6-9/h7,9H,5-6H2,1-4H3,(H,19,21). The number of hydrogen-bond acceptors (Lipinski definition) is 4. The van der Waals surface area contributed by atoms with Crippen molar-refractivity contribution in [3.05, 3.63) is 11.3 Å². The van der Waals surface area contributed by atoms with Crippen molar-refractivity contribution in [3.63, 3.8) is 0 Å². The first kappa shape index (κ1) is 18.3. The van der Waals surface area contributed by atoms with E-state index in [-0.39, 0.29) is 5.70 Å². The van der Waals surface area contributed by atoms with Gasteiger partial charge in [0.15, 0.2) is 0 Å². The van der Waals surface area contributed by atoms with Crippen molar-refractivity contribution in [1.82, 2.24) is 10.2 Å². The van der Waals surface area contributed by atoms with Crippen LogP contribution in [0.5, 0.6) is 0 Å². The second kappa shape index (κ2) is 5.78. The van der Waals surface area contributed by atoms with Gasteiger partial charge in [-0.3, -0.25) is 9.59 Å². The maximum Gasteiger partial charge on any atom is 0.425 e. The first-order chi connectivity index (χ1) is 11.0. The van der Waals surface area contributed by atoms with Crippen LogP contribution in [0.2, 0.25) is 0 Å². The van der Waals surface area contributed by atoms with E-state index in [1.807, 2.05) is 5.32 Å². The average Bonchev–Trinajstić information content (AvgIpc) is 3.25. The van der Waals surface area contributed by atoms with Crippen molar-refractivity contribution in [2.45, 2.75) is 51.4 Å². The molecule has 1 fully saturated rings. The summed E-state index contributed by atoms with van der Waals surface area (Å²) in [6, 6.07) is -0.626. The minimum atomic E-state index is -5.19. The topological polar surface area (TPSA) is 75.7 Å². The molecule has 1 saturated carbocycles. The molecule has 0 aromatic rings. The Bertz CT molecular complexity index is 623. The second-order valence-corrected chi connectivity index (χ2v) is 6.23. The third-order valence-corrected chi connectivity index (χ3v) is 4.23. The zero-order valence-corrected chi connectivity index (χ0v) is 13.8. The molecule has 1 atom stereocenters. The summed E-state index contributed by atoms with van der Waals surface area (Å²) in [5.74, 6) is -4.14. The van der Waals surface area contributed by atoms with Gasteiger partial charge in [-0.15, -0.1) is 0 Å². The number of carbonyl (C=O) groups is 3. The smallest absolute Gasteiger partial charge is 0.425 e. The van der Waals surface area contributed by atoms with Crippen LogP contribution in [0.3, 0.4) is 0 Å². The number of allylic oxidation sites excluding steroid dienone is 1. The first-order valence-corrected chi connectivity index (χ1v) is 7.51. The molecule has 9 heteroatoms. The van der Waals surface area contributed by atoms with Gasteiger partial charge in [0, 0.05) is 17.7 Å². The number of rotatable bonds is 4. The molecule has 0 spiro atoms. The molecule has 0 aromatic carbocycles. The summed E-state index contributed by atoms with van der Waals surface area (Å²) >= 11 is 0. The van der Waals surface area contributed by atoms with Crippen molar-refractivity contribution >= 4 is 17.8 Å². The average molecular weight is 348 g/mol. The number of nitrogens with zero attached hydrogens (tertiary/aromatic N) is 1. The van der Waals surface area contributed by atoms with E-state index in [2.05, 4.69) is 4.74 Å². The highest BCUT2D eigenvalue weighted by Gasteiger charge is 2.71. The largest absolute Gasteiger partial charge is 0.466 e. The van der Waals surface area contributed by atoms with Gasteiger partial charge in [0.2, 0.25) is 11.4 Å². The van der Waals surface area contributed by atoms with Crippen molar-refractivity contribution in [2.24, 2.45) is 5.92 Å². The van der Waals surface area contributed by atoms with Crippen LogP contribution in [0.1, 0.15) is 33.6 Å². The van der Waals surface area contributed by atoms with Gasteiger partial charge in [-0.05, 0) is 33.6 Å². The molecule has 2 aliphatic rings. The van der Waals surface area contributed by atoms with Gasteiger partial charge in [-0.1, -0.05) is 0 Å². The van der Waals surface area contributed by atoms with Crippen LogP contribution < -0.4 is 5.32 Å². The van der Waals surface area contributed by atoms with Crippen molar-refractivity contribution < 1.29 is 32.3 Å². The van der Waals surface area contributed by atoms with E-state index in [1.54, 1.807) is 0 Å². The van der Waals surface area contributed by atoms with E-state index in [4.69, 9.17) is 0 Å². The number of ether oxygens (including phenoxy) is 1. The van der Waals surface area contributed by atoms with Crippen LogP contribution in [0.4, 0.5) is 13.2 Å². The fourth-order valence-electron chi connectivity index (χ4n) is 2.94. The van der Waals surface area contributed by atoms with E-state index >= 15 is 0 Å². The highest BCUT2D eigenvalue weighted by Crippen LogP contribution is 2.46. The van der Waals surface area contributed by atoms with Crippen molar-refractivity contribution in [3.8, 4) is 0 Å². The van der Waals surface area contributed by atoms with Gasteiger partial charge >= 0.3 is 12.1 Å². The summed E-state index contributed by atoms with van der Waals surface area (Å²) in [5, 5.41) is 1.81. The number of esters is 1. The van der Waals surface area contributed by atoms with Crippen molar-refractivity contribution in [1.29, 1.82) is 0 Å². The summed E-state index contributed by atoms with van der Waals surface area (Å²) in [5.41, 5.74) is -4.46. The fraction of sp³-hybridized carbons (Fsp3) is 0.667. The molecule has 1 aliphatic carbocycles. The Morgan fingerprint density at radius 3 is 2.25 bits per heavy atom. The van der Waals surface area contributed by atoms with Gasteiger partial charge < -0.3 is 15.0 Å². The molecule has 24 heavy (non-hydrogen) atoms. The van der Waals surface area contributed by atoms with Crippen molar-refractivity contribution in [2.75, 3.05) is 7.11 Å². The zero-order chi connectivity index (χ0) is 18.4. The third-order valence-electron chi connectivity index (χ3n) is 4.23. The molecule has 1 aliphatic heterocycles. The molecule has 1 heterocycles. The van der Waals surface area contributed by atoms with Crippen LogP contribution in [0.25, 0.3) is 0 Å². The van der Waals surface area contributed by atoms with Gasteiger partial charge in [0.05, 0.1) is 7.11 Å². The predicted octanol–water partition coefficient (Wildman–Crippen LogP) is 1.51. The van der Waals surface area contributed by atoms with Crippen LogP contribution in [0, 0.1) is 5.92 Å². The monoisotopic (exact) mass is 348 g/mol. The summed E-state index contributed by atoms with van der Waals surface area (Å²) in [6.45, 7) is 4.28. The molecule has 6 nitrogen and oxygen atoms in total. The Kier molecular flexibility index (Phi) is 4.41. The lowest BCUT2D eigenvalue weighted by Gasteiger charge is -2.33. The van der Waals surface area contributed by atoms with Gasteiger partial charge in [-0.25, -0.2) is 4.79 Å². The lowest BCUT2D eigenvalue weighted by Crippen LogP contribution is -2.66. The Balaban J connectivity index is 2.66. The maximum atomic E-state index is 14.0. The molecule has 0 radical (unpaired) electrons. The molecule has 0 saturated heterocycles. The number of methoxy groups -OCH3 is 1. The molecule has 2 rings (SSSR count). The van der Waals surface area contributed by atoms with Gasteiger partial charge in [0.25, 0.3) is 5.91 Å². The highest BCUT2D eigenvalue weighted by atomic mass is 19.4. The third kappa shape index (κ3) is 2.55. The van der Waals surface area contributed by atoms with Gasteiger partial charge in [-0.2, -0.15) is 13.2 Å².